The maximum absolute atomic E-state index is 15.0. The summed E-state index contributed by atoms with van der Waals surface area (Å²) in [7, 11) is 1.93. The Morgan fingerprint density at radius 3 is 2.42 bits per heavy atom. The summed E-state index contributed by atoms with van der Waals surface area (Å²) in [6, 6.07) is 9.49. The van der Waals surface area contributed by atoms with Gasteiger partial charge in [-0.3, -0.25) is 0 Å². The molecule has 2 rings (SSSR count). The third-order valence-electron chi connectivity index (χ3n) is 4.03. The summed E-state index contributed by atoms with van der Waals surface area (Å²) in [6.45, 7) is 6.42. The molecule has 0 amide bonds. The zero-order chi connectivity index (χ0) is 17.9. The van der Waals surface area contributed by atoms with Crippen molar-refractivity contribution >= 4 is 34.6 Å². The van der Waals surface area contributed by atoms with Crippen LogP contribution in [0.2, 0.25) is 0 Å². The van der Waals surface area contributed by atoms with Crippen molar-refractivity contribution in [3.05, 3.63) is 62.2 Å². The van der Waals surface area contributed by atoms with E-state index >= 15 is 0 Å². The first kappa shape index (κ1) is 18.8. The first-order valence-corrected chi connectivity index (χ1v) is 8.84. The van der Waals surface area contributed by atoms with Gasteiger partial charge in [0.05, 0.1) is 12.0 Å². The Balaban J connectivity index is 2.53. The second-order valence-corrected chi connectivity index (χ2v) is 6.87. The molecule has 0 fully saturated rings. The van der Waals surface area contributed by atoms with E-state index in [0.717, 1.165) is 21.4 Å². The van der Waals surface area contributed by atoms with Gasteiger partial charge in [0.15, 0.2) is 0 Å². The van der Waals surface area contributed by atoms with E-state index in [-0.39, 0.29) is 11.1 Å². The van der Waals surface area contributed by atoms with Crippen LogP contribution in [0.1, 0.15) is 29.2 Å². The van der Waals surface area contributed by atoms with E-state index in [1.54, 1.807) is 37.5 Å². The highest BCUT2D eigenvalue weighted by molar-refractivity contribution is 14.1. The number of benzene rings is 2. The molecule has 0 unspecified atom stereocenters. The molecular weight excluding hydrogens is 421 g/mol. The minimum absolute atomic E-state index is 0.00488. The number of aryl methyl sites for hydroxylation is 1. The molecule has 0 heterocycles. The highest BCUT2D eigenvalue weighted by atomic mass is 127. The van der Waals surface area contributed by atoms with Crippen molar-refractivity contribution in [1.29, 1.82) is 0 Å². The standard InChI is InChI=1S/C19H21F2IN2/c1-5-24(4)12-23-18-13(2)11-16(14(3)17(18)22)19(20,21)15-9-7-6-8-10-15/h6-12H,5H2,1-4H3. The molecule has 0 aromatic heterocycles. The average Bonchev–Trinajstić information content (AvgIpc) is 2.58. The summed E-state index contributed by atoms with van der Waals surface area (Å²) in [5.41, 5.74) is 2.11. The molecule has 128 valence electrons. The van der Waals surface area contributed by atoms with Crippen LogP contribution in [0.15, 0.2) is 41.4 Å². The molecule has 5 heteroatoms. The van der Waals surface area contributed by atoms with Gasteiger partial charge < -0.3 is 4.90 Å². The third-order valence-corrected chi connectivity index (χ3v) is 5.35. The van der Waals surface area contributed by atoms with Gasteiger partial charge in [-0.05, 0) is 60.6 Å². The smallest absolute Gasteiger partial charge is 0.298 e. The van der Waals surface area contributed by atoms with Gasteiger partial charge in [0.25, 0.3) is 5.92 Å². The molecule has 0 bridgehead atoms. The van der Waals surface area contributed by atoms with Crippen LogP contribution in [0.25, 0.3) is 0 Å². The topological polar surface area (TPSA) is 15.6 Å². The molecule has 0 N–H and O–H groups in total. The quantitative estimate of drug-likeness (QED) is 0.332. The fourth-order valence-corrected chi connectivity index (χ4v) is 3.24. The van der Waals surface area contributed by atoms with Gasteiger partial charge in [-0.25, -0.2) is 4.99 Å². The maximum Gasteiger partial charge on any atom is 0.298 e. The average molecular weight is 442 g/mol. The third kappa shape index (κ3) is 3.77. The summed E-state index contributed by atoms with van der Waals surface area (Å²) in [6.07, 6.45) is 1.74. The van der Waals surface area contributed by atoms with Crippen LogP contribution in [-0.4, -0.2) is 24.8 Å². The second-order valence-electron chi connectivity index (χ2n) is 5.79. The van der Waals surface area contributed by atoms with Gasteiger partial charge >= 0.3 is 0 Å². The van der Waals surface area contributed by atoms with Crippen molar-refractivity contribution < 1.29 is 8.78 Å². The zero-order valence-electron chi connectivity index (χ0n) is 14.3. The largest absolute Gasteiger partial charge is 0.366 e. The highest BCUT2D eigenvalue weighted by Crippen LogP contribution is 2.41. The lowest BCUT2D eigenvalue weighted by Gasteiger charge is -2.22. The molecule has 0 aliphatic carbocycles. The first-order chi connectivity index (χ1) is 11.3. The van der Waals surface area contributed by atoms with Gasteiger partial charge in [0.2, 0.25) is 0 Å². The Labute approximate surface area is 155 Å². The fraction of sp³-hybridized carbons (Fsp3) is 0.316. The lowest BCUT2D eigenvalue weighted by atomic mass is 9.94. The summed E-state index contributed by atoms with van der Waals surface area (Å²) in [5.74, 6) is -3.03. The Bertz CT molecular complexity index is 743. The lowest BCUT2D eigenvalue weighted by Crippen LogP contribution is -2.18. The van der Waals surface area contributed by atoms with Gasteiger partial charge in [0, 0.05) is 28.3 Å². The molecule has 0 saturated carbocycles. The number of aliphatic imine (C=N–C) groups is 1. The van der Waals surface area contributed by atoms with Crippen molar-refractivity contribution in [2.24, 2.45) is 4.99 Å². The zero-order valence-corrected chi connectivity index (χ0v) is 16.4. The molecule has 0 spiro atoms. The minimum atomic E-state index is -3.03. The van der Waals surface area contributed by atoms with Crippen LogP contribution in [0, 0.1) is 17.4 Å². The summed E-state index contributed by atoms with van der Waals surface area (Å²) in [4.78, 5) is 6.42. The second kappa shape index (κ2) is 7.59. The van der Waals surface area contributed by atoms with Crippen molar-refractivity contribution in [3.63, 3.8) is 0 Å². The number of hydrogen-bond donors (Lipinski definition) is 0. The van der Waals surface area contributed by atoms with Gasteiger partial charge in [-0.15, -0.1) is 0 Å². The van der Waals surface area contributed by atoms with Crippen LogP contribution in [-0.2, 0) is 5.92 Å². The number of alkyl halides is 2. The predicted molar refractivity (Wildman–Crippen MR) is 105 cm³/mol. The van der Waals surface area contributed by atoms with E-state index < -0.39 is 5.92 Å². The molecular formula is C19H21F2IN2. The van der Waals surface area contributed by atoms with Crippen LogP contribution >= 0.6 is 22.6 Å². The van der Waals surface area contributed by atoms with Crippen molar-refractivity contribution in [2.45, 2.75) is 26.7 Å². The van der Waals surface area contributed by atoms with Gasteiger partial charge in [0.1, 0.15) is 0 Å². The lowest BCUT2D eigenvalue weighted by molar-refractivity contribution is 0.0420. The summed E-state index contributed by atoms with van der Waals surface area (Å²) < 4.78 is 30.7. The number of rotatable bonds is 5. The normalized spacial score (nSPS) is 12.0. The highest BCUT2D eigenvalue weighted by Gasteiger charge is 2.36. The Kier molecular flexibility index (Phi) is 5.96. The number of halogens is 3. The monoisotopic (exact) mass is 442 g/mol. The Hall–Kier alpha value is -1.50. The molecule has 0 atom stereocenters. The molecule has 2 aromatic rings. The molecule has 0 saturated heterocycles. The maximum atomic E-state index is 15.0. The van der Waals surface area contributed by atoms with Crippen molar-refractivity contribution in [2.75, 3.05) is 13.6 Å². The molecule has 24 heavy (non-hydrogen) atoms. The van der Waals surface area contributed by atoms with Gasteiger partial charge in [-0.1, -0.05) is 30.3 Å². The molecule has 2 nitrogen and oxygen atoms in total. The van der Waals surface area contributed by atoms with Crippen LogP contribution in [0.3, 0.4) is 0 Å². The Morgan fingerprint density at radius 2 is 1.83 bits per heavy atom. The first-order valence-electron chi connectivity index (χ1n) is 7.77. The van der Waals surface area contributed by atoms with E-state index in [2.05, 4.69) is 27.6 Å². The molecule has 0 radical (unpaired) electrons. The Morgan fingerprint density at radius 1 is 1.21 bits per heavy atom. The van der Waals surface area contributed by atoms with Crippen molar-refractivity contribution in [1.82, 2.24) is 4.90 Å². The SMILES string of the molecule is CCN(C)C=Nc1c(C)cc(C(F)(F)c2ccccc2)c(C)c1I. The van der Waals surface area contributed by atoms with E-state index in [1.165, 1.54) is 12.1 Å². The molecule has 0 aliphatic heterocycles. The van der Waals surface area contributed by atoms with E-state index in [9.17, 15) is 8.78 Å². The summed E-state index contributed by atoms with van der Waals surface area (Å²) >= 11 is 2.11. The number of hydrogen-bond acceptors (Lipinski definition) is 1. The number of nitrogens with zero attached hydrogens (tertiary/aromatic N) is 2. The predicted octanol–water partition coefficient (Wildman–Crippen LogP) is 5.66. The van der Waals surface area contributed by atoms with Gasteiger partial charge in [-0.2, -0.15) is 8.78 Å². The minimum Gasteiger partial charge on any atom is -0.366 e. The van der Waals surface area contributed by atoms with E-state index in [0.29, 0.717) is 5.56 Å². The fourth-order valence-electron chi connectivity index (χ4n) is 2.39. The van der Waals surface area contributed by atoms with Crippen LogP contribution in [0.4, 0.5) is 14.5 Å². The van der Waals surface area contributed by atoms with E-state index in [1.807, 2.05) is 25.8 Å². The van der Waals surface area contributed by atoms with Crippen LogP contribution < -0.4 is 0 Å². The van der Waals surface area contributed by atoms with Crippen LogP contribution in [0.5, 0.6) is 0 Å². The van der Waals surface area contributed by atoms with Crippen molar-refractivity contribution in [3.8, 4) is 0 Å². The summed E-state index contributed by atoms with van der Waals surface area (Å²) in [5, 5.41) is 0. The molecule has 0 aliphatic rings. The molecule has 2 aromatic carbocycles. The van der Waals surface area contributed by atoms with E-state index in [4.69, 9.17) is 0 Å².